The Labute approximate surface area is 127 Å². The maximum absolute atomic E-state index is 9.93. The lowest BCUT2D eigenvalue weighted by molar-refractivity contribution is 0.104. The molecule has 0 heterocycles. The zero-order valence-corrected chi connectivity index (χ0v) is 13.8. The summed E-state index contributed by atoms with van der Waals surface area (Å²) < 4.78 is 5.65. The maximum atomic E-state index is 9.93. The molecular formula is C16H27NO2S. The molecule has 0 amide bonds. The maximum Gasteiger partial charge on any atom is 0.119 e. The molecule has 1 aromatic rings. The van der Waals surface area contributed by atoms with Crippen molar-refractivity contribution in [1.82, 2.24) is 5.32 Å². The molecule has 2 unspecified atom stereocenters. The van der Waals surface area contributed by atoms with Crippen LogP contribution in [-0.4, -0.2) is 42.4 Å². The van der Waals surface area contributed by atoms with Crippen LogP contribution in [0.25, 0.3) is 0 Å². The zero-order chi connectivity index (χ0) is 15.0. The van der Waals surface area contributed by atoms with Gasteiger partial charge in [-0.2, -0.15) is 11.8 Å². The number of nitrogens with one attached hydrogen (secondary N) is 1. The second kappa shape index (κ2) is 9.27. The van der Waals surface area contributed by atoms with Crippen LogP contribution in [0.1, 0.15) is 24.5 Å². The van der Waals surface area contributed by atoms with E-state index in [1.807, 2.05) is 37.7 Å². The third-order valence-corrected chi connectivity index (χ3v) is 3.74. The molecule has 114 valence electrons. The van der Waals surface area contributed by atoms with Crippen molar-refractivity contribution >= 4 is 11.8 Å². The summed E-state index contributed by atoms with van der Waals surface area (Å²) in [6.07, 6.45) is 2.75. The van der Waals surface area contributed by atoms with Gasteiger partial charge in [0, 0.05) is 12.6 Å². The van der Waals surface area contributed by atoms with Crippen LogP contribution < -0.4 is 10.1 Å². The normalized spacial score (nSPS) is 14.1. The van der Waals surface area contributed by atoms with E-state index < -0.39 is 6.10 Å². The first-order chi connectivity index (χ1) is 9.51. The summed E-state index contributed by atoms with van der Waals surface area (Å²) in [7, 11) is 0. The fraction of sp³-hybridized carbons (Fsp3) is 0.625. The minimum Gasteiger partial charge on any atom is -0.491 e. The van der Waals surface area contributed by atoms with Crippen LogP contribution in [0.4, 0.5) is 0 Å². The van der Waals surface area contributed by atoms with Crippen molar-refractivity contribution < 1.29 is 9.84 Å². The monoisotopic (exact) mass is 297 g/mol. The van der Waals surface area contributed by atoms with E-state index in [9.17, 15) is 5.11 Å². The summed E-state index contributed by atoms with van der Waals surface area (Å²) in [6, 6.07) is 6.53. The molecule has 0 saturated carbocycles. The van der Waals surface area contributed by atoms with Crippen molar-refractivity contribution in [2.45, 2.75) is 39.3 Å². The predicted octanol–water partition coefficient (Wildman–Crippen LogP) is 2.77. The molecule has 0 bridgehead atoms. The third kappa shape index (κ3) is 7.17. The van der Waals surface area contributed by atoms with Gasteiger partial charge in [0.05, 0.1) is 0 Å². The van der Waals surface area contributed by atoms with Gasteiger partial charge in [0.2, 0.25) is 0 Å². The van der Waals surface area contributed by atoms with Crippen LogP contribution in [0.5, 0.6) is 5.75 Å². The van der Waals surface area contributed by atoms with Crippen molar-refractivity contribution in [2.75, 3.05) is 25.2 Å². The Balaban J connectivity index is 2.27. The molecule has 3 nitrogen and oxygen atoms in total. The Morgan fingerprint density at radius 3 is 2.50 bits per heavy atom. The van der Waals surface area contributed by atoms with Crippen LogP contribution in [-0.2, 0) is 0 Å². The lowest BCUT2D eigenvalue weighted by Gasteiger charge is -2.17. The van der Waals surface area contributed by atoms with Crippen LogP contribution in [0.2, 0.25) is 0 Å². The molecule has 4 heteroatoms. The number of aryl methyl sites for hydroxylation is 2. The van der Waals surface area contributed by atoms with Crippen molar-refractivity contribution in [2.24, 2.45) is 0 Å². The Morgan fingerprint density at radius 1 is 1.25 bits per heavy atom. The standard InChI is InChI=1S/C16H27NO2S/c1-12-7-13(2)9-16(8-12)19-11-15(18)10-17-14(3)5-6-20-4/h7-9,14-15,17-18H,5-6,10-11H2,1-4H3. The van der Waals surface area contributed by atoms with E-state index in [4.69, 9.17) is 4.74 Å². The third-order valence-electron chi connectivity index (χ3n) is 3.09. The first-order valence-electron chi connectivity index (χ1n) is 7.12. The molecule has 0 aliphatic heterocycles. The molecule has 0 fully saturated rings. The number of aliphatic hydroxyl groups excluding tert-OH is 1. The molecule has 0 radical (unpaired) electrons. The highest BCUT2D eigenvalue weighted by atomic mass is 32.2. The van der Waals surface area contributed by atoms with Gasteiger partial charge < -0.3 is 15.2 Å². The first-order valence-corrected chi connectivity index (χ1v) is 8.52. The number of ether oxygens (including phenoxy) is 1. The fourth-order valence-electron chi connectivity index (χ4n) is 2.00. The van der Waals surface area contributed by atoms with E-state index in [-0.39, 0.29) is 0 Å². The Hall–Kier alpha value is -0.710. The molecule has 2 N–H and O–H groups in total. The summed E-state index contributed by atoms with van der Waals surface area (Å²) in [5, 5.41) is 13.3. The highest BCUT2D eigenvalue weighted by molar-refractivity contribution is 7.98. The number of thioether (sulfide) groups is 1. The van der Waals surface area contributed by atoms with Crippen LogP contribution in [0.3, 0.4) is 0 Å². The van der Waals surface area contributed by atoms with E-state index >= 15 is 0 Å². The molecule has 0 aromatic heterocycles. The number of hydrogen-bond acceptors (Lipinski definition) is 4. The molecule has 0 saturated heterocycles. The average molecular weight is 297 g/mol. The van der Waals surface area contributed by atoms with Gasteiger partial charge in [0.25, 0.3) is 0 Å². The second-order valence-corrected chi connectivity index (χ2v) is 6.36. The minimum atomic E-state index is -0.479. The number of aliphatic hydroxyl groups is 1. The topological polar surface area (TPSA) is 41.5 Å². The lowest BCUT2D eigenvalue weighted by atomic mass is 10.1. The quantitative estimate of drug-likeness (QED) is 0.735. The summed E-state index contributed by atoms with van der Waals surface area (Å²) in [5.41, 5.74) is 2.36. The van der Waals surface area contributed by atoms with Crippen molar-refractivity contribution in [3.8, 4) is 5.75 Å². The van der Waals surface area contributed by atoms with Gasteiger partial charge in [0.15, 0.2) is 0 Å². The molecule has 2 atom stereocenters. The highest BCUT2D eigenvalue weighted by Gasteiger charge is 2.08. The van der Waals surface area contributed by atoms with Gasteiger partial charge in [-0.1, -0.05) is 6.07 Å². The van der Waals surface area contributed by atoms with Gasteiger partial charge in [0.1, 0.15) is 18.5 Å². The average Bonchev–Trinajstić information content (AvgIpc) is 2.39. The lowest BCUT2D eigenvalue weighted by Crippen LogP contribution is -2.36. The summed E-state index contributed by atoms with van der Waals surface area (Å²) in [6.45, 7) is 7.13. The van der Waals surface area contributed by atoms with Gasteiger partial charge >= 0.3 is 0 Å². The predicted molar refractivity (Wildman–Crippen MR) is 87.9 cm³/mol. The van der Waals surface area contributed by atoms with Crippen molar-refractivity contribution in [3.05, 3.63) is 29.3 Å². The van der Waals surface area contributed by atoms with Gasteiger partial charge in [-0.25, -0.2) is 0 Å². The largest absolute Gasteiger partial charge is 0.491 e. The van der Waals surface area contributed by atoms with Gasteiger partial charge in [-0.05, 0) is 62.5 Å². The zero-order valence-electron chi connectivity index (χ0n) is 13.0. The number of rotatable bonds is 9. The molecule has 0 spiro atoms. The van der Waals surface area contributed by atoms with E-state index in [2.05, 4.69) is 24.6 Å². The SMILES string of the molecule is CSCCC(C)NCC(O)COc1cc(C)cc(C)c1. The van der Waals surface area contributed by atoms with Crippen molar-refractivity contribution in [1.29, 1.82) is 0 Å². The Bertz CT molecular complexity index is 378. The second-order valence-electron chi connectivity index (χ2n) is 5.38. The summed E-state index contributed by atoms with van der Waals surface area (Å²) in [4.78, 5) is 0. The van der Waals surface area contributed by atoms with Crippen molar-refractivity contribution in [3.63, 3.8) is 0 Å². The molecule has 1 aromatic carbocycles. The first kappa shape index (κ1) is 17.3. The summed E-state index contributed by atoms with van der Waals surface area (Å²) in [5.74, 6) is 1.97. The van der Waals surface area contributed by atoms with Crippen LogP contribution in [0, 0.1) is 13.8 Å². The smallest absolute Gasteiger partial charge is 0.119 e. The Kier molecular flexibility index (Phi) is 8.04. The fourth-order valence-corrected chi connectivity index (χ4v) is 2.59. The van der Waals surface area contributed by atoms with Crippen LogP contribution >= 0.6 is 11.8 Å². The molecule has 0 aliphatic carbocycles. The molecular weight excluding hydrogens is 270 g/mol. The molecule has 20 heavy (non-hydrogen) atoms. The number of benzene rings is 1. The van der Waals surface area contributed by atoms with Gasteiger partial charge in [-0.15, -0.1) is 0 Å². The van der Waals surface area contributed by atoms with Gasteiger partial charge in [-0.3, -0.25) is 0 Å². The Morgan fingerprint density at radius 2 is 1.90 bits per heavy atom. The number of hydrogen-bond donors (Lipinski definition) is 2. The van der Waals surface area contributed by atoms with Crippen LogP contribution in [0.15, 0.2) is 18.2 Å². The van der Waals surface area contributed by atoms with E-state index in [1.165, 1.54) is 11.1 Å². The molecule has 0 aliphatic rings. The minimum absolute atomic E-state index is 0.325. The van der Waals surface area contributed by atoms with E-state index in [0.717, 1.165) is 17.9 Å². The summed E-state index contributed by atoms with van der Waals surface area (Å²) >= 11 is 1.85. The highest BCUT2D eigenvalue weighted by Crippen LogP contribution is 2.16. The van der Waals surface area contributed by atoms with E-state index in [1.54, 1.807) is 0 Å². The van der Waals surface area contributed by atoms with E-state index in [0.29, 0.717) is 19.2 Å². The molecule has 1 rings (SSSR count).